The van der Waals surface area contributed by atoms with Gasteiger partial charge in [0.15, 0.2) is 11.4 Å². The second-order valence-electron chi connectivity index (χ2n) is 7.90. The van der Waals surface area contributed by atoms with Gasteiger partial charge in [-0.15, -0.1) is 0 Å². The van der Waals surface area contributed by atoms with Crippen molar-refractivity contribution in [1.29, 1.82) is 0 Å². The van der Waals surface area contributed by atoms with Crippen LogP contribution in [0.5, 0.6) is 11.5 Å². The van der Waals surface area contributed by atoms with Crippen molar-refractivity contribution in [2.24, 2.45) is 0 Å². The Labute approximate surface area is 207 Å². The Balaban J connectivity index is 1.59. The van der Waals surface area contributed by atoms with Gasteiger partial charge in [0.1, 0.15) is 21.8 Å². The van der Waals surface area contributed by atoms with Gasteiger partial charge in [-0.25, -0.2) is 8.42 Å². The van der Waals surface area contributed by atoms with Gasteiger partial charge >= 0.3 is 0 Å². The van der Waals surface area contributed by atoms with Crippen LogP contribution in [0.15, 0.2) is 70.9 Å². The van der Waals surface area contributed by atoms with Gasteiger partial charge < -0.3 is 18.9 Å². The molecule has 4 rings (SSSR count). The van der Waals surface area contributed by atoms with Crippen molar-refractivity contribution < 1.29 is 27.2 Å². The Morgan fingerprint density at radius 1 is 1.19 bits per heavy atom. The number of carbonyl (C=O) groups excluding carboxylic acids is 1. The number of aromatic nitrogens is 3. The zero-order valence-corrected chi connectivity index (χ0v) is 20.8. The van der Waals surface area contributed by atoms with E-state index in [0.717, 1.165) is 11.1 Å². The van der Waals surface area contributed by atoms with E-state index in [2.05, 4.69) is 21.6 Å². The number of ether oxygens (including phenoxy) is 2. The van der Waals surface area contributed by atoms with Crippen molar-refractivity contribution in [3.63, 3.8) is 0 Å². The summed E-state index contributed by atoms with van der Waals surface area (Å²) in [4.78, 5) is 13.2. The quantitative estimate of drug-likeness (QED) is 0.322. The summed E-state index contributed by atoms with van der Waals surface area (Å²) in [5, 5.41) is 8.66. The summed E-state index contributed by atoms with van der Waals surface area (Å²) in [5.41, 5.74) is 1.99. The molecule has 0 saturated heterocycles. The molecule has 1 amide bonds. The van der Waals surface area contributed by atoms with Crippen LogP contribution in [-0.4, -0.2) is 55.4 Å². The normalized spacial score (nSPS) is 11.3. The highest BCUT2D eigenvalue weighted by Gasteiger charge is 2.24. The second kappa shape index (κ2) is 10.1. The lowest BCUT2D eigenvalue weighted by Crippen LogP contribution is -2.23. The van der Waals surface area contributed by atoms with Gasteiger partial charge in [0.2, 0.25) is 5.91 Å². The molecule has 2 aromatic carbocycles. The molecule has 12 heteroatoms. The SMILES string of the molecule is C=CC(=O)N(C)Cc1cnn(Cc2cc(OC)c3c(NS(=O)(=O)c4ccccc4OC)noc3c2)c1. The fraction of sp³-hybridized carbons (Fsp3) is 0.208. The number of hydrogen-bond acceptors (Lipinski definition) is 8. The highest BCUT2D eigenvalue weighted by molar-refractivity contribution is 7.92. The summed E-state index contributed by atoms with van der Waals surface area (Å²) in [6.45, 7) is 4.27. The Kier molecular flexibility index (Phi) is 6.97. The molecule has 0 saturated carbocycles. The number of anilines is 1. The second-order valence-corrected chi connectivity index (χ2v) is 9.55. The molecule has 188 valence electrons. The Morgan fingerprint density at radius 3 is 2.67 bits per heavy atom. The molecule has 0 atom stereocenters. The molecule has 0 unspecified atom stereocenters. The zero-order valence-electron chi connectivity index (χ0n) is 20.0. The van der Waals surface area contributed by atoms with E-state index in [4.69, 9.17) is 14.0 Å². The average molecular weight is 512 g/mol. The van der Waals surface area contributed by atoms with Gasteiger partial charge in [-0.1, -0.05) is 23.9 Å². The summed E-state index contributed by atoms with van der Waals surface area (Å²) in [6, 6.07) is 9.76. The van der Waals surface area contributed by atoms with Crippen LogP contribution < -0.4 is 14.2 Å². The number of likely N-dealkylation sites (N-methyl/N-ethyl adjacent to an activating group) is 1. The topological polar surface area (TPSA) is 129 Å². The third-order valence-corrected chi connectivity index (χ3v) is 6.79. The molecule has 0 spiro atoms. The highest BCUT2D eigenvalue weighted by atomic mass is 32.2. The van der Waals surface area contributed by atoms with Gasteiger partial charge in [-0.3, -0.25) is 14.2 Å². The van der Waals surface area contributed by atoms with Gasteiger partial charge in [0.25, 0.3) is 10.0 Å². The molecule has 0 fully saturated rings. The first-order chi connectivity index (χ1) is 17.2. The van der Waals surface area contributed by atoms with E-state index >= 15 is 0 Å². The van der Waals surface area contributed by atoms with Crippen LogP contribution in [-0.2, 0) is 27.9 Å². The van der Waals surface area contributed by atoms with Crippen LogP contribution in [0, 0.1) is 0 Å². The first-order valence-corrected chi connectivity index (χ1v) is 12.2. The van der Waals surface area contributed by atoms with Crippen molar-refractivity contribution in [2.45, 2.75) is 18.0 Å². The molecule has 0 radical (unpaired) electrons. The molecule has 4 aromatic rings. The van der Waals surface area contributed by atoms with Crippen molar-refractivity contribution in [1.82, 2.24) is 19.8 Å². The number of amides is 1. The number of rotatable bonds is 10. The number of nitrogens with one attached hydrogen (secondary N) is 1. The molecular weight excluding hydrogens is 486 g/mol. The monoisotopic (exact) mass is 511 g/mol. The lowest BCUT2D eigenvalue weighted by molar-refractivity contribution is -0.125. The van der Waals surface area contributed by atoms with E-state index in [0.29, 0.717) is 29.8 Å². The zero-order chi connectivity index (χ0) is 25.9. The third-order valence-electron chi connectivity index (χ3n) is 5.41. The van der Waals surface area contributed by atoms with E-state index in [9.17, 15) is 13.2 Å². The third kappa shape index (κ3) is 5.03. The van der Waals surface area contributed by atoms with E-state index in [-0.39, 0.29) is 22.4 Å². The number of sulfonamides is 1. The van der Waals surface area contributed by atoms with Gasteiger partial charge in [-0.2, -0.15) is 5.10 Å². The number of nitrogens with zero attached hydrogens (tertiary/aromatic N) is 4. The minimum Gasteiger partial charge on any atom is -0.496 e. The van der Waals surface area contributed by atoms with Crippen LogP contribution in [0.2, 0.25) is 0 Å². The van der Waals surface area contributed by atoms with E-state index in [1.807, 2.05) is 6.20 Å². The molecule has 36 heavy (non-hydrogen) atoms. The number of hydrogen-bond donors (Lipinski definition) is 1. The fourth-order valence-electron chi connectivity index (χ4n) is 3.70. The van der Waals surface area contributed by atoms with Crippen LogP contribution in [0.25, 0.3) is 11.0 Å². The molecule has 2 aromatic heterocycles. The fourth-order valence-corrected chi connectivity index (χ4v) is 4.88. The predicted molar refractivity (Wildman–Crippen MR) is 132 cm³/mol. The summed E-state index contributed by atoms with van der Waals surface area (Å²) < 4.78 is 46.3. The minimum absolute atomic E-state index is 0.00407. The molecule has 11 nitrogen and oxygen atoms in total. The molecule has 0 aliphatic heterocycles. The number of fused-ring (bicyclic) bond motifs is 1. The molecule has 1 N–H and O–H groups in total. The Bertz CT molecular complexity index is 1530. The summed E-state index contributed by atoms with van der Waals surface area (Å²) >= 11 is 0. The minimum atomic E-state index is -4.02. The molecule has 0 bridgehead atoms. The highest BCUT2D eigenvalue weighted by Crippen LogP contribution is 2.35. The Morgan fingerprint density at radius 2 is 1.94 bits per heavy atom. The van der Waals surface area contributed by atoms with Crippen LogP contribution in [0.3, 0.4) is 0 Å². The van der Waals surface area contributed by atoms with E-state index in [1.54, 1.807) is 48.3 Å². The van der Waals surface area contributed by atoms with Gasteiger partial charge in [0, 0.05) is 25.4 Å². The maximum Gasteiger partial charge on any atom is 0.266 e. The average Bonchev–Trinajstić information content (AvgIpc) is 3.49. The van der Waals surface area contributed by atoms with Crippen molar-refractivity contribution in [3.05, 3.63) is 72.6 Å². The van der Waals surface area contributed by atoms with Crippen LogP contribution in [0.4, 0.5) is 5.82 Å². The number of carbonyl (C=O) groups is 1. The van der Waals surface area contributed by atoms with E-state index in [1.165, 1.54) is 31.3 Å². The maximum atomic E-state index is 13.0. The lowest BCUT2D eigenvalue weighted by atomic mass is 10.1. The van der Waals surface area contributed by atoms with Crippen molar-refractivity contribution in [2.75, 3.05) is 26.0 Å². The molecule has 2 heterocycles. The number of para-hydroxylation sites is 1. The number of benzene rings is 2. The lowest BCUT2D eigenvalue weighted by Gasteiger charge is -2.13. The van der Waals surface area contributed by atoms with Gasteiger partial charge in [0.05, 0.1) is 27.0 Å². The first-order valence-electron chi connectivity index (χ1n) is 10.8. The summed E-state index contributed by atoms with van der Waals surface area (Å²) in [5.74, 6) is 0.395. The van der Waals surface area contributed by atoms with Crippen LogP contribution in [0.1, 0.15) is 11.1 Å². The first kappa shape index (κ1) is 24.8. The molecule has 0 aliphatic rings. The summed E-state index contributed by atoms with van der Waals surface area (Å²) in [7, 11) is 0.536. The van der Waals surface area contributed by atoms with Crippen LogP contribution >= 0.6 is 0 Å². The largest absolute Gasteiger partial charge is 0.496 e. The molecule has 0 aliphatic carbocycles. The van der Waals surface area contributed by atoms with Crippen molar-refractivity contribution in [3.8, 4) is 11.5 Å². The maximum absolute atomic E-state index is 13.0. The Hall–Kier alpha value is -4.32. The van der Waals surface area contributed by atoms with E-state index < -0.39 is 10.0 Å². The summed E-state index contributed by atoms with van der Waals surface area (Å²) in [6.07, 6.45) is 4.77. The molecular formula is C24H25N5O6S. The number of methoxy groups -OCH3 is 2. The smallest absolute Gasteiger partial charge is 0.266 e. The van der Waals surface area contributed by atoms with Crippen molar-refractivity contribution >= 4 is 32.7 Å². The predicted octanol–water partition coefficient (Wildman–Crippen LogP) is 3.04. The standard InChI is InChI=1S/C24H25N5O6S/c1-5-22(30)28(2)13-17-12-25-29(15-17)14-16-10-19(34-4)23-20(11-16)35-26-24(23)27-36(31,32)21-9-7-6-8-18(21)33-3/h5-12,15H,1,13-14H2,2-4H3,(H,26,27). The van der Waals surface area contributed by atoms with Gasteiger partial charge in [-0.05, 0) is 35.9 Å².